The third-order valence-corrected chi connectivity index (χ3v) is 2.48. The Morgan fingerprint density at radius 2 is 2.15 bits per heavy atom. The van der Waals surface area contributed by atoms with Gasteiger partial charge in [0, 0.05) is 13.1 Å². The summed E-state index contributed by atoms with van der Waals surface area (Å²) in [4.78, 5) is 12.9. The summed E-state index contributed by atoms with van der Waals surface area (Å²) in [6.07, 6.45) is 4.22. The Labute approximate surface area is 78.5 Å². The molecule has 4 nitrogen and oxygen atoms in total. The molecule has 4 heteroatoms. The van der Waals surface area contributed by atoms with Crippen LogP contribution in [0.3, 0.4) is 0 Å². The van der Waals surface area contributed by atoms with E-state index in [2.05, 4.69) is 0 Å². The van der Waals surface area contributed by atoms with Gasteiger partial charge in [0.05, 0.1) is 6.61 Å². The number of aliphatic hydroxyl groups is 1. The fraction of sp³-hybridized carbons (Fsp3) is 0.889. The third-order valence-electron chi connectivity index (χ3n) is 2.48. The first kappa shape index (κ1) is 10.3. The van der Waals surface area contributed by atoms with E-state index in [1.807, 2.05) is 0 Å². The van der Waals surface area contributed by atoms with Gasteiger partial charge in [-0.25, -0.2) is 4.79 Å². The summed E-state index contributed by atoms with van der Waals surface area (Å²) in [7, 11) is 1.76. The first-order valence-corrected chi connectivity index (χ1v) is 4.76. The van der Waals surface area contributed by atoms with Gasteiger partial charge in [0.2, 0.25) is 0 Å². The molecule has 0 bridgehead atoms. The topological polar surface area (TPSA) is 49.8 Å². The summed E-state index contributed by atoms with van der Waals surface area (Å²) in [6, 6.07) is 0.339. The van der Waals surface area contributed by atoms with Gasteiger partial charge in [-0.2, -0.15) is 0 Å². The molecule has 0 radical (unpaired) electrons. The Balaban J connectivity index is 2.28. The van der Waals surface area contributed by atoms with Crippen molar-refractivity contribution in [2.45, 2.75) is 31.7 Å². The molecule has 0 unspecified atom stereocenters. The number of carbonyl (C=O) groups is 1. The van der Waals surface area contributed by atoms with E-state index >= 15 is 0 Å². The highest BCUT2D eigenvalue weighted by molar-refractivity contribution is 5.67. The van der Waals surface area contributed by atoms with Crippen LogP contribution in [0.4, 0.5) is 4.79 Å². The lowest BCUT2D eigenvalue weighted by atomic mass is 10.2. The highest BCUT2D eigenvalue weighted by atomic mass is 16.6. The van der Waals surface area contributed by atoms with Crippen molar-refractivity contribution >= 4 is 6.09 Å². The van der Waals surface area contributed by atoms with Crippen LogP contribution >= 0.6 is 0 Å². The van der Waals surface area contributed by atoms with Gasteiger partial charge in [0.1, 0.15) is 6.61 Å². The normalized spacial score (nSPS) is 17.4. The molecule has 1 amide bonds. The molecule has 0 aromatic carbocycles. The maximum atomic E-state index is 11.3. The molecule has 1 N–H and O–H groups in total. The van der Waals surface area contributed by atoms with Crippen LogP contribution < -0.4 is 0 Å². The van der Waals surface area contributed by atoms with Gasteiger partial charge >= 0.3 is 6.09 Å². The lowest BCUT2D eigenvalue weighted by Gasteiger charge is -2.23. The Bertz CT molecular complexity index is 166. The number of carbonyl (C=O) groups excluding carboxylic acids is 1. The SMILES string of the molecule is CN(C(=O)OCCO)C1CCCC1. The molecule has 76 valence electrons. The zero-order chi connectivity index (χ0) is 9.68. The predicted molar refractivity (Wildman–Crippen MR) is 48.5 cm³/mol. The van der Waals surface area contributed by atoms with Gasteiger partial charge in [-0.1, -0.05) is 12.8 Å². The Kier molecular flexibility index (Phi) is 4.02. The summed E-state index contributed by atoms with van der Waals surface area (Å²) >= 11 is 0. The molecule has 1 aliphatic rings. The number of rotatable bonds is 3. The molecule has 1 aliphatic carbocycles. The summed E-state index contributed by atoms with van der Waals surface area (Å²) in [6.45, 7) is -0.0138. The minimum atomic E-state index is -0.319. The van der Waals surface area contributed by atoms with Crippen molar-refractivity contribution in [2.75, 3.05) is 20.3 Å². The molecule has 1 saturated carbocycles. The van der Waals surface area contributed by atoms with Gasteiger partial charge in [0.25, 0.3) is 0 Å². The second kappa shape index (κ2) is 5.07. The van der Waals surface area contributed by atoms with Gasteiger partial charge in [-0.3, -0.25) is 0 Å². The molecular weight excluding hydrogens is 170 g/mol. The van der Waals surface area contributed by atoms with E-state index in [-0.39, 0.29) is 19.3 Å². The molecule has 0 aromatic heterocycles. The van der Waals surface area contributed by atoms with Crippen LogP contribution in [0.25, 0.3) is 0 Å². The van der Waals surface area contributed by atoms with E-state index in [0.717, 1.165) is 12.8 Å². The van der Waals surface area contributed by atoms with Crippen LogP contribution in [0.5, 0.6) is 0 Å². The zero-order valence-corrected chi connectivity index (χ0v) is 8.03. The van der Waals surface area contributed by atoms with Crippen LogP contribution in [0.1, 0.15) is 25.7 Å². The van der Waals surface area contributed by atoms with Crippen molar-refractivity contribution in [3.63, 3.8) is 0 Å². The lowest BCUT2D eigenvalue weighted by molar-refractivity contribution is 0.0806. The van der Waals surface area contributed by atoms with Crippen molar-refractivity contribution in [1.29, 1.82) is 0 Å². The molecule has 1 fully saturated rings. The van der Waals surface area contributed by atoms with Crippen LogP contribution in [-0.2, 0) is 4.74 Å². The summed E-state index contributed by atoms with van der Waals surface area (Å²) in [5, 5.41) is 8.47. The molecule has 0 atom stereocenters. The molecule has 0 aromatic rings. The molecule has 13 heavy (non-hydrogen) atoms. The minimum Gasteiger partial charge on any atom is -0.447 e. The molecule has 0 heterocycles. The smallest absolute Gasteiger partial charge is 0.409 e. The number of amides is 1. The largest absolute Gasteiger partial charge is 0.447 e. The van der Waals surface area contributed by atoms with Gasteiger partial charge in [-0.05, 0) is 12.8 Å². The van der Waals surface area contributed by atoms with Crippen molar-refractivity contribution in [2.24, 2.45) is 0 Å². The van der Waals surface area contributed by atoms with Gasteiger partial charge < -0.3 is 14.7 Å². The highest BCUT2D eigenvalue weighted by Crippen LogP contribution is 2.22. The fourth-order valence-corrected chi connectivity index (χ4v) is 1.68. The summed E-state index contributed by atoms with van der Waals surface area (Å²) in [5.74, 6) is 0. The standard InChI is InChI=1S/C9H17NO3/c1-10(8-4-2-3-5-8)9(12)13-7-6-11/h8,11H,2-7H2,1H3. The summed E-state index contributed by atoms with van der Waals surface area (Å²) < 4.78 is 4.80. The van der Waals surface area contributed by atoms with E-state index in [4.69, 9.17) is 9.84 Å². The van der Waals surface area contributed by atoms with Gasteiger partial charge in [0.15, 0.2) is 0 Å². The molecular formula is C9H17NO3. The second-order valence-corrected chi connectivity index (χ2v) is 3.39. The second-order valence-electron chi connectivity index (χ2n) is 3.39. The maximum Gasteiger partial charge on any atom is 0.409 e. The van der Waals surface area contributed by atoms with Crippen LogP contribution in [0.15, 0.2) is 0 Å². The first-order chi connectivity index (χ1) is 6.25. The predicted octanol–water partition coefficient (Wildman–Crippen LogP) is 0.990. The third kappa shape index (κ3) is 2.88. The number of nitrogens with zero attached hydrogens (tertiary/aromatic N) is 1. The fourth-order valence-electron chi connectivity index (χ4n) is 1.68. The Morgan fingerprint density at radius 3 is 2.69 bits per heavy atom. The van der Waals surface area contributed by atoms with Crippen molar-refractivity contribution < 1.29 is 14.6 Å². The van der Waals surface area contributed by atoms with E-state index in [1.54, 1.807) is 11.9 Å². The van der Waals surface area contributed by atoms with Gasteiger partial charge in [-0.15, -0.1) is 0 Å². The van der Waals surface area contributed by atoms with Crippen molar-refractivity contribution in [3.8, 4) is 0 Å². The summed E-state index contributed by atoms with van der Waals surface area (Å²) in [5.41, 5.74) is 0. The molecule has 0 spiro atoms. The van der Waals surface area contributed by atoms with E-state index in [9.17, 15) is 4.79 Å². The monoisotopic (exact) mass is 187 g/mol. The van der Waals surface area contributed by atoms with E-state index < -0.39 is 0 Å². The molecule has 0 aliphatic heterocycles. The average molecular weight is 187 g/mol. The quantitative estimate of drug-likeness (QED) is 0.716. The Morgan fingerprint density at radius 1 is 1.54 bits per heavy atom. The van der Waals surface area contributed by atoms with Crippen molar-refractivity contribution in [1.82, 2.24) is 4.90 Å². The first-order valence-electron chi connectivity index (χ1n) is 4.76. The average Bonchev–Trinajstić information content (AvgIpc) is 2.65. The number of hydrogen-bond acceptors (Lipinski definition) is 3. The molecule has 0 saturated heterocycles. The highest BCUT2D eigenvalue weighted by Gasteiger charge is 2.23. The van der Waals surface area contributed by atoms with E-state index in [0.29, 0.717) is 6.04 Å². The van der Waals surface area contributed by atoms with Crippen molar-refractivity contribution in [3.05, 3.63) is 0 Å². The Hall–Kier alpha value is -0.770. The zero-order valence-electron chi connectivity index (χ0n) is 8.03. The van der Waals surface area contributed by atoms with Crippen LogP contribution in [-0.4, -0.2) is 42.4 Å². The van der Waals surface area contributed by atoms with Crippen LogP contribution in [0, 0.1) is 0 Å². The maximum absolute atomic E-state index is 11.3. The minimum absolute atomic E-state index is 0.0931. The van der Waals surface area contributed by atoms with Crippen LogP contribution in [0.2, 0.25) is 0 Å². The van der Waals surface area contributed by atoms with E-state index in [1.165, 1.54) is 12.8 Å². The lowest BCUT2D eigenvalue weighted by Crippen LogP contribution is -2.36. The molecule has 1 rings (SSSR count). The number of aliphatic hydroxyl groups excluding tert-OH is 1. The number of ether oxygens (including phenoxy) is 1. The number of hydrogen-bond donors (Lipinski definition) is 1.